The quantitative estimate of drug-likeness (QED) is 0.370. The Morgan fingerprint density at radius 3 is 2.36 bits per heavy atom. The van der Waals surface area contributed by atoms with Gasteiger partial charge in [-0.25, -0.2) is 0 Å². The highest BCUT2D eigenvalue weighted by atomic mass is 16.3. The predicted molar refractivity (Wildman–Crippen MR) is 92.5 cm³/mol. The van der Waals surface area contributed by atoms with E-state index in [1.807, 2.05) is 18.2 Å². The zero-order valence-electron chi connectivity index (χ0n) is 11.8. The number of aromatic hydroxyl groups is 1. The van der Waals surface area contributed by atoms with Gasteiger partial charge in [0, 0.05) is 27.1 Å². The van der Waals surface area contributed by atoms with Crippen LogP contribution in [0, 0.1) is 0 Å². The number of fused-ring (bicyclic) bond motifs is 7. The lowest BCUT2D eigenvalue weighted by molar-refractivity contribution is 0.482. The second kappa shape index (κ2) is 4.01. The van der Waals surface area contributed by atoms with E-state index in [-0.39, 0.29) is 0 Å². The summed E-state index contributed by atoms with van der Waals surface area (Å²) in [4.78, 5) is 3.52. The first kappa shape index (κ1) is 11.6. The van der Waals surface area contributed by atoms with Gasteiger partial charge in [-0.1, -0.05) is 54.6 Å². The molecule has 4 aromatic carbocycles. The molecule has 1 aromatic heterocycles. The highest BCUT2D eigenvalue weighted by Crippen LogP contribution is 2.37. The van der Waals surface area contributed by atoms with Crippen LogP contribution in [0.15, 0.2) is 66.7 Å². The molecule has 1 heterocycles. The van der Waals surface area contributed by atoms with Crippen molar-refractivity contribution in [3.8, 4) is 5.75 Å². The zero-order valence-corrected chi connectivity index (χ0v) is 11.8. The Kier molecular flexibility index (Phi) is 2.12. The molecule has 0 radical (unpaired) electrons. The van der Waals surface area contributed by atoms with Crippen molar-refractivity contribution >= 4 is 43.4 Å². The summed E-state index contributed by atoms with van der Waals surface area (Å²) in [5.41, 5.74) is 2.27. The highest BCUT2D eigenvalue weighted by Gasteiger charge is 2.10. The number of benzene rings is 4. The van der Waals surface area contributed by atoms with E-state index in [0.717, 1.165) is 32.6 Å². The summed E-state index contributed by atoms with van der Waals surface area (Å²) in [5.74, 6) is 0.332. The maximum Gasteiger partial charge on any atom is 0.124 e. The molecular formula is C20H13NO. The molecule has 22 heavy (non-hydrogen) atoms. The van der Waals surface area contributed by atoms with Crippen LogP contribution < -0.4 is 0 Å². The van der Waals surface area contributed by atoms with Crippen LogP contribution in [0.4, 0.5) is 0 Å². The Balaban J connectivity index is 2.07. The fraction of sp³-hybridized carbons (Fsp3) is 0. The number of hydrogen-bond acceptors (Lipinski definition) is 1. The molecular weight excluding hydrogens is 270 g/mol. The van der Waals surface area contributed by atoms with E-state index in [0.29, 0.717) is 5.75 Å². The minimum atomic E-state index is 0.332. The van der Waals surface area contributed by atoms with E-state index in [1.54, 1.807) is 6.07 Å². The van der Waals surface area contributed by atoms with E-state index in [4.69, 9.17) is 0 Å². The van der Waals surface area contributed by atoms with Gasteiger partial charge in [-0.15, -0.1) is 0 Å². The van der Waals surface area contributed by atoms with Crippen molar-refractivity contribution in [1.82, 2.24) is 4.98 Å². The Hall–Kier alpha value is -3.00. The molecule has 0 aliphatic heterocycles. The smallest absolute Gasteiger partial charge is 0.124 e. The van der Waals surface area contributed by atoms with Crippen LogP contribution in [0.5, 0.6) is 5.75 Å². The molecule has 0 fully saturated rings. The predicted octanol–water partition coefficient (Wildman–Crippen LogP) is 5.33. The lowest BCUT2D eigenvalue weighted by atomic mass is 9.99. The number of phenolic OH excluding ortho intramolecular Hbond substituents is 1. The van der Waals surface area contributed by atoms with Gasteiger partial charge in [0.1, 0.15) is 5.75 Å². The number of hydrogen-bond donors (Lipinski definition) is 2. The summed E-state index contributed by atoms with van der Waals surface area (Å²) in [6.07, 6.45) is 0. The van der Waals surface area contributed by atoms with Crippen LogP contribution in [0.1, 0.15) is 0 Å². The third-order valence-electron chi connectivity index (χ3n) is 4.50. The van der Waals surface area contributed by atoms with Gasteiger partial charge in [0.15, 0.2) is 0 Å². The minimum absolute atomic E-state index is 0.332. The number of phenols is 1. The Labute approximate surface area is 126 Å². The Morgan fingerprint density at radius 1 is 0.636 bits per heavy atom. The summed E-state index contributed by atoms with van der Waals surface area (Å²) in [6.45, 7) is 0. The average molecular weight is 283 g/mol. The maximum atomic E-state index is 10.3. The molecule has 0 aliphatic carbocycles. The van der Waals surface area contributed by atoms with Crippen LogP contribution in [0.2, 0.25) is 0 Å². The van der Waals surface area contributed by atoms with E-state index in [1.165, 1.54) is 10.8 Å². The van der Waals surface area contributed by atoms with E-state index in [2.05, 4.69) is 47.4 Å². The van der Waals surface area contributed by atoms with Crippen LogP contribution in [0.3, 0.4) is 0 Å². The first-order chi connectivity index (χ1) is 10.8. The van der Waals surface area contributed by atoms with Gasteiger partial charge < -0.3 is 10.1 Å². The van der Waals surface area contributed by atoms with E-state index < -0.39 is 0 Å². The number of H-pyrrole nitrogens is 1. The second-order valence-electron chi connectivity index (χ2n) is 5.69. The van der Waals surface area contributed by atoms with Gasteiger partial charge in [0.05, 0.1) is 5.52 Å². The maximum absolute atomic E-state index is 10.3. The molecule has 0 spiro atoms. The van der Waals surface area contributed by atoms with E-state index in [9.17, 15) is 5.11 Å². The van der Waals surface area contributed by atoms with Crippen molar-refractivity contribution in [1.29, 1.82) is 0 Å². The third kappa shape index (κ3) is 1.39. The van der Waals surface area contributed by atoms with Gasteiger partial charge in [0.25, 0.3) is 0 Å². The Bertz CT molecular complexity index is 1180. The molecule has 5 rings (SSSR count). The molecule has 0 saturated heterocycles. The van der Waals surface area contributed by atoms with Crippen molar-refractivity contribution in [3.63, 3.8) is 0 Å². The van der Waals surface area contributed by atoms with Crippen molar-refractivity contribution in [2.24, 2.45) is 0 Å². The molecule has 2 nitrogen and oxygen atoms in total. The normalized spacial score (nSPS) is 11.8. The van der Waals surface area contributed by atoms with Crippen LogP contribution in [-0.4, -0.2) is 10.1 Å². The lowest BCUT2D eigenvalue weighted by Gasteiger charge is -2.07. The molecule has 0 unspecified atom stereocenters. The van der Waals surface area contributed by atoms with Gasteiger partial charge in [0.2, 0.25) is 0 Å². The highest BCUT2D eigenvalue weighted by molar-refractivity contribution is 6.22. The number of para-hydroxylation sites is 1. The van der Waals surface area contributed by atoms with Crippen molar-refractivity contribution in [3.05, 3.63) is 66.7 Å². The zero-order chi connectivity index (χ0) is 14.7. The number of aromatic amines is 1. The number of aromatic nitrogens is 1. The fourth-order valence-electron chi connectivity index (χ4n) is 3.49. The first-order valence-electron chi connectivity index (χ1n) is 7.37. The van der Waals surface area contributed by atoms with Crippen molar-refractivity contribution < 1.29 is 5.11 Å². The fourth-order valence-corrected chi connectivity index (χ4v) is 3.49. The molecule has 0 bridgehead atoms. The number of rotatable bonds is 0. The van der Waals surface area contributed by atoms with Crippen LogP contribution in [0.25, 0.3) is 43.4 Å². The summed E-state index contributed by atoms with van der Waals surface area (Å²) in [6, 6.07) is 22.5. The largest absolute Gasteiger partial charge is 0.507 e. The average Bonchev–Trinajstić information content (AvgIpc) is 2.93. The molecule has 104 valence electrons. The van der Waals surface area contributed by atoms with Gasteiger partial charge >= 0.3 is 0 Å². The van der Waals surface area contributed by atoms with Gasteiger partial charge in [-0.3, -0.25) is 0 Å². The molecule has 5 aromatic rings. The van der Waals surface area contributed by atoms with Crippen LogP contribution in [-0.2, 0) is 0 Å². The summed E-state index contributed by atoms with van der Waals surface area (Å²) in [5, 5.41) is 16.9. The monoisotopic (exact) mass is 283 g/mol. The molecule has 0 aliphatic rings. The lowest BCUT2D eigenvalue weighted by Crippen LogP contribution is -1.80. The first-order valence-corrected chi connectivity index (χ1v) is 7.37. The summed E-state index contributed by atoms with van der Waals surface area (Å²) < 4.78 is 0. The SMILES string of the molecule is Oc1cccc2ccc3c(ccc4c5ccccc5[nH]c43)c12. The van der Waals surface area contributed by atoms with E-state index >= 15 is 0 Å². The third-order valence-corrected chi connectivity index (χ3v) is 4.50. The molecule has 2 N–H and O–H groups in total. The summed E-state index contributed by atoms with van der Waals surface area (Å²) in [7, 11) is 0. The molecule has 2 heteroatoms. The van der Waals surface area contributed by atoms with Gasteiger partial charge in [-0.2, -0.15) is 0 Å². The minimum Gasteiger partial charge on any atom is -0.507 e. The van der Waals surface area contributed by atoms with Gasteiger partial charge in [-0.05, 0) is 22.9 Å². The standard InChI is InChI=1S/C20H13NO/c22-18-7-3-4-12-8-9-16-14(19(12)18)10-11-15-13-5-1-2-6-17(13)21-20(15)16/h1-11,21-22H. The van der Waals surface area contributed by atoms with Crippen molar-refractivity contribution in [2.45, 2.75) is 0 Å². The van der Waals surface area contributed by atoms with Crippen molar-refractivity contribution in [2.75, 3.05) is 0 Å². The Morgan fingerprint density at radius 2 is 1.41 bits per heavy atom. The molecule has 0 atom stereocenters. The molecule has 0 saturated carbocycles. The second-order valence-corrected chi connectivity index (χ2v) is 5.69. The molecule has 0 amide bonds. The summed E-state index contributed by atoms with van der Waals surface area (Å²) >= 11 is 0. The number of nitrogens with one attached hydrogen (secondary N) is 1. The topological polar surface area (TPSA) is 36.0 Å². The van der Waals surface area contributed by atoms with Crippen LogP contribution >= 0.6 is 0 Å².